The monoisotopic (exact) mass is 409 g/mol. The largest absolute Gasteiger partial charge is 0.347 e. The number of fused-ring (bicyclic) bond motifs is 2. The molecule has 0 spiro atoms. The zero-order valence-corrected chi connectivity index (χ0v) is 16.2. The zero-order chi connectivity index (χ0) is 20.7. The molecule has 3 atom stereocenters. The molecule has 1 saturated carbocycles. The van der Waals surface area contributed by atoms with Gasteiger partial charge in [0, 0.05) is 30.1 Å². The van der Waals surface area contributed by atoms with E-state index in [1.54, 1.807) is 0 Å². The third-order valence-corrected chi connectivity index (χ3v) is 6.57. The summed E-state index contributed by atoms with van der Waals surface area (Å²) in [4.78, 5) is 26.3. The molecule has 0 aromatic heterocycles. The molecular formula is C21H26F3N3O2. The van der Waals surface area contributed by atoms with Crippen LogP contribution in [-0.4, -0.2) is 41.4 Å². The maximum Gasteiger partial charge on any atom is 0.242 e. The van der Waals surface area contributed by atoms with Gasteiger partial charge in [-0.05, 0) is 62.5 Å². The summed E-state index contributed by atoms with van der Waals surface area (Å²) in [5.41, 5.74) is 6.38. The van der Waals surface area contributed by atoms with Gasteiger partial charge in [-0.3, -0.25) is 9.59 Å². The van der Waals surface area contributed by atoms with Crippen molar-refractivity contribution >= 4 is 11.8 Å². The van der Waals surface area contributed by atoms with Crippen molar-refractivity contribution in [3.63, 3.8) is 0 Å². The Morgan fingerprint density at radius 1 is 1.03 bits per heavy atom. The summed E-state index contributed by atoms with van der Waals surface area (Å²) in [5.74, 6) is -3.05. The van der Waals surface area contributed by atoms with Crippen LogP contribution in [0.15, 0.2) is 12.1 Å². The number of amides is 2. The van der Waals surface area contributed by atoms with Crippen LogP contribution >= 0.6 is 0 Å². The van der Waals surface area contributed by atoms with E-state index in [1.807, 2.05) is 4.90 Å². The Morgan fingerprint density at radius 3 is 2.28 bits per heavy atom. The van der Waals surface area contributed by atoms with Gasteiger partial charge in [0.1, 0.15) is 5.82 Å². The molecule has 2 aliphatic heterocycles. The molecular weight excluding hydrogens is 383 g/mol. The number of rotatable bonds is 6. The van der Waals surface area contributed by atoms with Crippen LogP contribution in [0.4, 0.5) is 13.2 Å². The molecule has 3 unspecified atom stereocenters. The van der Waals surface area contributed by atoms with Gasteiger partial charge in [0.25, 0.3) is 0 Å². The van der Waals surface area contributed by atoms with E-state index >= 15 is 0 Å². The topological polar surface area (TPSA) is 75.4 Å². The molecule has 2 amide bonds. The van der Waals surface area contributed by atoms with E-state index in [-0.39, 0.29) is 54.3 Å². The number of hydrogen-bond donors (Lipinski definition) is 2. The molecule has 8 heteroatoms. The first kappa shape index (κ1) is 20.2. The van der Waals surface area contributed by atoms with Crippen LogP contribution < -0.4 is 11.1 Å². The van der Waals surface area contributed by atoms with E-state index in [1.165, 1.54) is 0 Å². The van der Waals surface area contributed by atoms with Crippen molar-refractivity contribution in [1.82, 2.24) is 10.2 Å². The number of nitrogens with zero attached hydrogens (tertiary/aromatic N) is 1. The fraction of sp³-hybridized carbons (Fsp3) is 0.619. The second-order valence-corrected chi connectivity index (χ2v) is 8.64. The van der Waals surface area contributed by atoms with Crippen LogP contribution in [0.5, 0.6) is 0 Å². The second-order valence-electron chi connectivity index (χ2n) is 8.64. The van der Waals surface area contributed by atoms with Gasteiger partial charge in [-0.2, -0.15) is 0 Å². The molecule has 4 rings (SSSR count). The first-order chi connectivity index (χ1) is 13.8. The normalized spacial score (nSPS) is 27.0. The summed E-state index contributed by atoms with van der Waals surface area (Å²) in [6, 6.07) is 1.15. The standard InChI is InChI=1S/C21H26F3N3O2/c22-16-9-18(24)17(23)7-12(16)8-19(25)13-5-14-3-4-15(6-13)27(14)20(28)10-26-21(29)11-1-2-11/h7,9,11,13-15,19H,1-6,8,10,25H2,(H,26,29). The molecule has 2 bridgehead atoms. The quantitative estimate of drug-likeness (QED) is 0.708. The molecule has 158 valence electrons. The predicted molar refractivity (Wildman–Crippen MR) is 100 cm³/mol. The first-order valence-electron chi connectivity index (χ1n) is 10.3. The van der Waals surface area contributed by atoms with Crippen molar-refractivity contribution in [3.8, 4) is 0 Å². The zero-order valence-electron chi connectivity index (χ0n) is 16.2. The van der Waals surface area contributed by atoms with Crippen molar-refractivity contribution in [3.05, 3.63) is 35.1 Å². The lowest BCUT2D eigenvalue weighted by atomic mass is 9.82. The van der Waals surface area contributed by atoms with E-state index in [0.717, 1.165) is 31.7 Å². The van der Waals surface area contributed by atoms with E-state index in [9.17, 15) is 22.8 Å². The van der Waals surface area contributed by atoms with Crippen molar-refractivity contribution < 1.29 is 22.8 Å². The minimum absolute atomic E-state index is 0.0269. The highest BCUT2D eigenvalue weighted by atomic mass is 19.2. The second kappa shape index (κ2) is 7.97. The number of benzene rings is 1. The molecule has 5 nitrogen and oxygen atoms in total. The molecule has 3 aliphatic rings. The number of carbonyl (C=O) groups is 2. The van der Waals surface area contributed by atoms with Crippen LogP contribution in [-0.2, 0) is 16.0 Å². The highest BCUT2D eigenvalue weighted by Gasteiger charge is 2.44. The smallest absolute Gasteiger partial charge is 0.242 e. The van der Waals surface area contributed by atoms with Crippen molar-refractivity contribution in [2.75, 3.05) is 6.54 Å². The van der Waals surface area contributed by atoms with Crippen LogP contribution in [0, 0.1) is 29.3 Å². The Labute approximate surface area is 167 Å². The number of piperidine rings is 1. The van der Waals surface area contributed by atoms with E-state index in [0.29, 0.717) is 18.9 Å². The summed E-state index contributed by atoms with van der Waals surface area (Å²) < 4.78 is 40.5. The summed E-state index contributed by atoms with van der Waals surface area (Å²) in [6.07, 6.45) is 5.08. The molecule has 2 heterocycles. The highest BCUT2D eigenvalue weighted by Crippen LogP contribution is 2.40. The van der Waals surface area contributed by atoms with Crippen LogP contribution in [0.3, 0.4) is 0 Å². The number of nitrogens with one attached hydrogen (secondary N) is 1. The van der Waals surface area contributed by atoms with Crippen LogP contribution in [0.25, 0.3) is 0 Å². The van der Waals surface area contributed by atoms with Crippen molar-refractivity contribution in [1.29, 1.82) is 0 Å². The summed E-state index contributed by atoms with van der Waals surface area (Å²) >= 11 is 0. The van der Waals surface area contributed by atoms with E-state index in [4.69, 9.17) is 5.73 Å². The average Bonchev–Trinajstić information content (AvgIpc) is 3.49. The van der Waals surface area contributed by atoms with Gasteiger partial charge < -0.3 is 16.0 Å². The SMILES string of the molecule is NC(Cc1cc(F)c(F)cc1F)C1CC2CCC(C1)N2C(=O)CNC(=O)C1CC1. The van der Waals surface area contributed by atoms with Gasteiger partial charge >= 0.3 is 0 Å². The number of hydrogen-bond acceptors (Lipinski definition) is 3. The summed E-state index contributed by atoms with van der Waals surface area (Å²) in [6.45, 7) is 0.0269. The average molecular weight is 409 g/mol. The Bertz CT molecular complexity index is 801. The fourth-order valence-corrected chi connectivity index (χ4v) is 4.86. The van der Waals surface area contributed by atoms with Gasteiger partial charge in [-0.1, -0.05) is 0 Å². The predicted octanol–water partition coefficient (Wildman–Crippen LogP) is 2.27. The number of carbonyl (C=O) groups excluding carboxylic acids is 2. The van der Waals surface area contributed by atoms with Crippen LogP contribution in [0.2, 0.25) is 0 Å². The molecule has 0 radical (unpaired) electrons. The Morgan fingerprint density at radius 2 is 1.66 bits per heavy atom. The lowest BCUT2D eigenvalue weighted by Crippen LogP contribution is -2.52. The lowest BCUT2D eigenvalue weighted by molar-refractivity contribution is -0.137. The molecule has 29 heavy (non-hydrogen) atoms. The molecule has 2 saturated heterocycles. The minimum Gasteiger partial charge on any atom is -0.347 e. The molecule has 1 aromatic rings. The molecule has 3 fully saturated rings. The van der Waals surface area contributed by atoms with Gasteiger partial charge in [0.15, 0.2) is 11.6 Å². The number of halogens is 3. The van der Waals surface area contributed by atoms with Gasteiger partial charge in [-0.25, -0.2) is 13.2 Å². The lowest BCUT2D eigenvalue weighted by Gasteiger charge is -2.41. The summed E-state index contributed by atoms with van der Waals surface area (Å²) in [5, 5.41) is 2.73. The summed E-state index contributed by atoms with van der Waals surface area (Å²) in [7, 11) is 0. The third kappa shape index (κ3) is 4.27. The Kier molecular flexibility index (Phi) is 5.55. The highest BCUT2D eigenvalue weighted by molar-refractivity contribution is 5.87. The third-order valence-electron chi connectivity index (χ3n) is 6.57. The van der Waals surface area contributed by atoms with E-state index < -0.39 is 23.5 Å². The minimum atomic E-state index is -1.21. The van der Waals surface area contributed by atoms with Crippen LogP contribution in [0.1, 0.15) is 44.1 Å². The van der Waals surface area contributed by atoms with Gasteiger partial charge in [-0.15, -0.1) is 0 Å². The molecule has 1 aromatic carbocycles. The first-order valence-corrected chi connectivity index (χ1v) is 10.3. The molecule has 1 aliphatic carbocycles. The van der Waals surface area contributed by atoms with Gasteiger partial charge in [0.2, 0.25) is 11.8 Å². The maximum absolute atomic E-state index is 14.0. The number of nitrogens with two attached hydrogens (primary N) is 1. The van der Waals surface area contributed by atoms with E-state index in [2.05, 4.69) is 5.32 Å². The van der Waals surface area contributed by atoms with Gasteiger partial charge in [0.05, 0.1) is 6.54 Å². The van der Waals surface area contributed by atoms with Crippen molar-refractivity contribution in [2.45, 2.75) is 63.1 Å². The van der Waals surface area contributed by atoms with Crippen molar-refractivity contribution in [2.24, 2.45) is 17.6 Å². The molecule has 3 N–H and O–H groups in total. The Hall–Kier alpha value is -2.09. The fourth-order valence-electron chi connectivity index (χ4n) is 4.86. The Balaban J connectivity index is 1.35. The maximum atomic E-state index is 14.0.